The van der Waals surface area contributed by atoms with Crippen LogP contribution in [-0.2, 0) is 14.8 Å². The number of carbonyl (C=O) groups is 1. The average Bonchev–Trinajstić information content (AvgIpc) is 2.68. The van der Waals surface area contributed by atoms with E-state index in [0.29, 0.717) is 13.1 Å². The van der Waals surface area contributed by atoms with Gasteiger partial charge in [-0.1, -0.05) is 54.6 Å². The monoisotopic (exact) mass is 400 g/mol. The fraction of sp³-hybridized carbons (Fsp3) is 0.409. The Morgan fingerprint density at radius 3 is 2.21 bits per heavy atom. The molecule has 0 spiro atoms. The van der Waals surface area contributed by atoms with Crippen molar-refractivity contribution in [2.45, 2.75) is 44.4 Å². The van der Waals surface area contributed by atoms with Crippen LogP contribution in [-0.4, -0.2) is 43.6 Å². The molecule has 5 nitrogen and oxygen atoms in total. The summed E-state index contributed by atoms with van der Waals surface area (Å²) in [4.78, 5) is 13.6. The molecule has 28 heavy (non-hydrogen) atoms. The third-order valence-electron chi connectivity index (χ3n) is 5.44. The number of carbonyl (C=O) groups excluding carboxylic acids is 1. The van der Waals surface area contributed by atoms with Gasteiger partial charge in [0.1, 0.15) is 0 Å². The largest absolute Gasteiger partial charge is 0.341 e. The lowest BCUT2D eigenvalue weighted by atomic mass is 9.85. The second-order valence-electron chi connectivity index (χ2n) is 7.67. The summed E-state index contributed by atoms with van der Waals surface area (Å²) in [7, 11) is -3.43. The Bertz CT molecular complexity index is 909. The summed E-state index contributed by atoms with van der Waals surface area (Å²) in [6.45, 7) is 5.89. The first-order chi connectivity index (χ1) is 13.3. The molecular formula is C22H28N2O3S. The van der Waals surface area contributed by atoms with Crippen molar-refractivity contribution in [3.8, 4) is 11.1 Å². The minimum atomic E-state index is -3.43. The predicted molar refractivity (Wildman–Crippen MR) is 112 cm³/mol. The molecule has 2 atom stereocenters. The zero-order valence-electron chi connectivity index (χ0n) is 16.6. The first kappa shape index (κ1) is 20.6. The van der Waals surface area contributed by atoms with Crippen LogP contribution in [0.2, 0.25) is 0 Å². The lowest BCUT2D eigenvalue weighted by Gasteiger charge is -2.39. The van der Waals surface area contributed by atoms with Crippen LogP contribution in [0.15, 0.2) is 54.6 Å². The number of sulfonamides is 1. The zero-order valence-corrected chi connectivity index (χ0v) is 17.4. The molecule has 1 heterocycles. The standard InChI is InChI=1S/C22H28N2O3S/c1-16(2)28(26,27)23-22-15-24(17(3)25)14-13-21(22)20-11-9-19(10-12-20)18-7-5-4-6-8-18/h4-12,16,21-23H,13-15H2,1-3H3/t21-,22+/m1/s1. The minimum absolute atomic E-state index is 0.0216. The summed E-state index contributed by atoms with van der Waals surface area (Å²) < 4.78 is 27.8. The van der Waals surface area contributed by atoms with Gasteiger partial charge in [-0.15, -0.1) is 0 Å². The highest BCUT2D eigenvalue weighted by atomic mass is 32.2. The van der Waals surface area contributed by atoms with Crippen molar-refractivity contribution in [2.75, 3.05) is 13.1 Å². The fourth-order valence-corrected chi connectivity index (χ4v) is 4.59. The van der Waals surface area contributed by atoms with Crippen LogP contribution in [0.3, 0.4) is 0 Å². The molecular weight excluding hydrogens is 372 g/mol. The first-order valence-corrected chi connectivity index (χ1v) is 11.2. The van der Waals surface area contributed by atoms with E-state index in [4.69, 9.17) is 0 Å². The molecule has 2 aromatic rings. The van der Waals surface area contributed by atoms with E-state index in [1.165, 1.54) is 6.92 Å². The van der Waals surface area contributed by atoms with E-state index in [1.807, 2.05) is 18.2 Å². The van der Waals surface area contributed by atoms with Crippen molar-refractivity contribution >= 4 is 15.9 Å². The fourth-order valence-electron chi connectivity index (χ4n) is 3.66. The molecule has 0 radical (unpaired) electrons. The smallest absolute Gasteiger partial charge is 0.219 e. The summed E-state index contributed by atoms with van der Waals surface area (Å²) in [6, 6.07) is 18.1. The number of nitrogens with one attached hydrogen (secondary N) is 1. The second kappa shape index (κ2) is 8.45. The molecule has 2 aromatic carbocycles. The van der Waals surface area contributed by atoms with E-state index >= 15 is 0 Å². The number of benzene rings is 2. The molecule has 150 valence electrons. The van der Waals surface area contributed by atoms with Gasteiger partial charge in [-0.05, 0) is 37.0 Å². The van der Waals surface area contributed by atoms with Gasteiger partial charge in [0.15, 0.2) is 0 Å². The maximum absolute atomic E-state index is 12.5. The van der Waals surface area contributed by atoms with E-state index < -0.39 is 15.3 Å². The lowest BCUT2D eigenvalue weighted by molar-refractivity contribution is -0.130. The third kappa shape index (κ3) is 4.62. The molecule has 1 aliphatic rings. The van der Waals surface area contributed by atoms with Gasteiger partial charge < -0.3 is 4.90 Å². The van der Waals surface area contributed by atoms with Crippen LogP contribution >= 0.6 is 0 Å². The van der Waals surface area contributed by atoms with E-state index in [-0.39, 0.29) is 17.9 Å². The van der Waals surface area contributed by atoms with Gasteiger partial charge in [0.2, 0.25) is 15.9 Å². The van der Waals surface area contributed by atoms with Crippen LogP contribution in [0, 0.1) is 0 Å². The van der Waals surface area contributed by atoms with Crippen LogP contribution in [0.5, 0.6) is 0 Å². The summed E-state index contributed by atoms with van der Waals surface area (Å²) >= 11 is 0. The molecule has 0 bridgehead atoms. The number of piperidine rings is 1. The van der Waals surface area contributed by atoms with Gasteiger partial charge in [-0.2, -0.15) is 0 Å². The van der Waals surface area contributed by atoms with Gasteiger partial charge in [0, 0.05) is 32.0 Å². The summed E-state index contributed by atoms with van der Waals surface area (Å²) in [5.74, 6) is 0.0144. The normalized spacial score (nSPS) is 20.4. The maximum Gasteiger partial charge on any atom is 0.219 e. The molecule has 0 aliphatic carbocycles. The van der Waals surface area contributed by atoms with E-state index in [0.717, 1.165) is 23.1 Å². The number of amides is 1. The van der Waals surface area contributed by atoms with Gasteiger partial charge in [-0.25, -0.2) is 13.1 Å². The summed E-state index contributed by atoms with van der Waals surface area (Å²) in [6.07, 6.45) is 0.732. The van der Waals surface area contributed by atoms with Crippen molar-refractivity contribution in [3.63, 3.8) is 0 Å². The summed E-state index contributed by atoms with van der Waals surface area (Å²) in [5.41, 5.74) is 3.38. The Kier molecular flexibility index (Phi) is 6.20. The van der Waals surface area contributed by atoms with E-state index in [9.17, 15) is 13.2 Å². The number of likely N-dealkylation sites (tertiary alicyclic amines) is 1. The molecule has 1 saturated heterocycles. The average molecular weight is 401 g/mol. The topological polar surface area (TPSA) is 66.5 Å². The molecule has 1 amide bonds. The molecule has 3 rings (SSSR count). The van der Waals surface area contributed by atoms with Crippen molar-refractivity contribution in [1.82, 2.24) is 9.62 Å². The van der Waals surface area contributed by atoms with Crippen LogP contribution in [0.4, 0.5) is 0 Å². The van der Waals surface area contributed by atoms with Gasteiger partial charge in [0.25, 0.3) is 0 Å². The predicted octanol–water partition coefficient (Wildman–Crippen LogP) is 3.39. The van der Waals surface area contributed by atoms with Crippen molar-refractivity contribution in [1.29, 1.82) is 0 Å². The highest BCUT2D eigenvalue weighted by molar-refractivity contribution is 7.90. The SMILES string of the molecule is CC(=O)N1CC[C@H](c2ccc(-c3ccccc3)cc2)[C@@H](NS(=O)(=O)C(C)C)C1. The van der Waals surface area contributed by atoms with Crippen molar-refractivity contribution in [3.05, 3.63) is 60.2 Å². The molecule has 6 heteroatoms. The lowest BCUT2D eigenvalue weighted by Crippen LogP contribution is -2.53. The Balaban J connectivity index is 1.86. The number of rotatable bonds is 5. The number of hydrogen-bond acceptors (Lipinski definition) is 3. The van der Waals surface area contributed by atoms with Gasteiger partial charge in [-0.3, -0.25) is 4.79 Å². The molecule has 0 aromatic heterocycles. The first-order valence-electron chi connectivity index (χ1n) is 9.70. The van der Waals surface area contributed by atoms with Crippen LogP contribution < -0.4 is 4.72 Å². The Labute approximate surface area is 167 Å². The molecule has 1 aliphatic heterocycles. The molecule has 1 fully saturated rings. The van der Waals surface area contributed by atoms with E-state index in [2.05, 4.69) is 41.1 Å². The number of nitrogens with zero attached hydrogens (tertiary/aromatic N) is 1. The summed E-state index contributed by atoms with van der Waals surface area (Å²) in [5, 5.41) is -0.513. The quantitative estimate of drug-likeness (QED) is 0.837. The zero-order chi connectivity index (χ0) is 20.3. The Morgan fingerprint density at radius 1 is 1.04 bits per heavy atom. The molecule has 1 N–H and O–H groups in total. The molecule has 0 saturated carbocycles. The van der Waals surface area contributed by atoms with E-state index in [1.54, 1.807) is 18.7 Å². The Hall–Kier alpha value is -2.18. The van der Waals surface area contributed by atoms with Crippen molar-refractivity contribution in [2.24, 2.45) is 0 Å². The van der Waals surface area contributed by atoms with Gasteiger partial charge >= 0.3 is 0 Å². The van der Waals surface area contributed by atoms with Crippen LogP contribution in [0.25, 0.3) is 11.1 Å². The highest BCUT2D eigenvalue weighted by Gasteiger charge is 2.34. The third-order valence-corrected chi connectivity index (χ3v) is 7.31. The minimum Gasteiger partial charge on any atom is -0.341 e. The van der Waals surface area contributed by atoms with Crippen LogP contribution in [0.1, 0.15) is 38.7 Å². The van der Waals surface area contributed by atoms with Crippen molar-refractivity contribution < 1.29 is 13.2 Å². The second-order valence-corrected chi connectivity index (χ2v) is 9.93. The Morgan fingerprint density at radius 2 is 1.64 bits per heavy atom. The van der Waals surface area contributed by atoms with Gasteiger partial charge in [0.05, 0.1) is 5.25 Å². The number of hydrogen-bond donors (Lipinski definition) is 1. The highest BCUT2D eigenvalue weighted by Crippen LogP contribution is 2.31. The molecule has 0 unspecified atom stereocenters. The maximum atomic E-state index is 12.5.